The highest BCUT2D eigenvalue weighted by atomic mass is 35.5. The first-order chi connectivity index (χ1) is 14.1. The van der Waals surface area contributed by atoms with Crippen LogP contribution in [0, 0.1) is 0 Å². The molecule has 3 aromatic rings. The van der Waals surface area contributed by atoms with Crippen LogP contribution in [0.25, 0.3) is 11.7 Å². The number of hydrogen-bond acceptors (Lipinski definition) is 4. The number of hydrogen-bond donors (Lipinski definition) is 0. The van der Waals surface area contributed by atoms with E-state index in [0.717, 1.165) is 24.3 Å². The highest BCUT2D eigenvalue weighted by Gasteiger charge is 2.20. The van der Waals surface area contributed by atoms with Crippen LogP contribution in [-0.4, -0.2) is 51.3 Å². The summed E-state index contributed by atoms with van der Waals surface area (Å²) in [6.07, 6.45) is 5.04. The number of carbonyl (C=O) groups is 1. The zero-order valence-electron chi connectivity index (χ0n) is 15.9. The van der Waals surface area contributed by atoms with Gasteiger partial charge in [0.25, 0.3) is 5.56 Å². The first-order valence-electron chi connectivity index (χ1n) is 9.51. The van der Waals surface area contributed by atoms with Gasteiger partial charge in [-0.3, -0.25) is 18.9 Å². The van der Waals surface area contributed by atoms with Crippen molar-refractivity contribution in [1.82, 2.24) is 19.2 Å². The standard InChI is InChI=1S/C22H21ClN4O2/c23-19-6-2-1-5-17(19)8-9-21(28)26-13-11-25(12-14-26)16-18-15-22(29)27-10-4-3-7-20(27)24-18/h1-10,15H,11-14,16H2/b9-8+. The third kappa shape index (κ3) is 4.55. The predicted molar refractivity (Wildman–Crippen MR) is 114 cm³/mol. The fraction of sp³-hybridized carbons (Fsp3) is 0.227. The summed E-state index contributed by atoms with van der Waals surface area (Å²) in [6.45, 7) is 3.34. The highest BCUT2D eigenvalue weighted by molar-refractivity contribution is 6.32. The monoisotopic (exact) mass is 408 g/mol. The predicted octanol–water partition coefficient (Wildman–Crippen LogP) is 2.71. The van der Waals surface area contributed by atoms with Crippen molar-refractivity contribution >= 4 is 29.2 Å². The molecule has 0 N–H and O–H groups in total. The third-order valence-electron chi connectivity index (χ3n) is 5.00. The molecule has 0 spiro atoms. The summed E-state index contributed by atoms with van der Waals surface area (Å²) in [5, 5.41) is 0.625. The molecule has 0 aliphatic carbocycles. The van der Waals surface area contributed by atoms with E-state index in [2.05, 4.69) is 9.88 Å². The van der Waals surface area contributed by atoms with Gasteiger partial charge in [0.2, 0.25) is 5.91 Å². The molecule has 6 nitrogen and oxygen atoms in total. The van der Waals surface area contributed by atoms with Crippen molar-refractivity contribution in [2.75, 3.05) is 26.2 Å². The van der Waals surface area contributed by atoms with E-state index in [1.165, 1.54) is 4.40 Å². The van der Waals surface area contributed by atoms with E-state index in [1.807, 2.05) is 41.3 Å². The molecule has 148 valence electrons. The van der Waals surface area contributed by atoms with Crippen molar-refractivity contribution < 1.29 is 4.79 Å². The van der Waals surface area contributed by atoms with E-state index in [-0.39, 0.29) is 11.5 Å². The first kappa shape index (κ1) is 19.4. The SMILES string of the molecule is O=C(/C=C/c1ccccc1Cl)N1CCN(Cc2cc(=O)n3ccccc3n2)CC1. The van der Waals surface area contributed by atoms with Crippen molar-refractivity contribution in [2.45, 2.75) is 6.54 Å². The zero-order valence-corrected chi connectivity index (χ0v) is 16.6. The molecule has 1 saturated heterocycles. The smallest absolute Gasteiger partial charge is 0.258 e. The van der Waals surface area contributed by atoms with Crippen molar-refractivity contribution in [3.63, 3.8) is 0 Å². The van der Waals surface area contributed by atoms with E-state index in [1.54, 1.807) is 30.5 Å². The average Bonchev–Trinajstić information content (AvgIpc) is 2.73. The van der Waals surface area contributed by atoms with Crippen molar-refractivity contribution in [1.29, 1.82) is 0 Å². The number of amides is 1. The maximum absolute atomic E-state index is 12.5. The van der Waals surface area contributed by atoms with Gasteiger partial charge in [0.1, 0.15) is 5.65 Å². The second kappa shape index (κ2) is 8.59. The molecule has 1 aliphatic rings. The van der Waals surface area contributed by atoms with Crippen LogP contribution in [0.2, 0.25) is 5.02 Å². The van der Waals surface area contributed by atoms with Gasteiger partial charge in [-0.25, -0.2) is 4.98 Å². The Bertz CT molecular complexity index is 1120. The number of carbonyl (C=O) groups excluding carboxylic acids is 1. The Morgan fingerprint density at radius 2 is 1.83 bits per heavy atom. The molecule has 1 fully saturated rings. The number of pyridine rings is 1. The summed E-state index contributed by atoms with van der Waals surface area (Å²) in [5.41, 5.74) is 2.15. The second-order valence-corrected chi connectivity index (χ2v) is 7.38. The van der Waals surface area contributed by atoms with Gasteiger partial charge in [-0.1, -0.05) is 35.9 Å². The van der Waals surface area contributed by atoms with Gasteiger partial charge < -0.3 is 4.90 Å². The average molecular weight is 409 g/mol. The first-order valence-corrected chi connectivity index (χ1v) is 9.89. The number of rotatable bonds is 4. The topological polar surface area (TPSA) is 57.9 Å². The van der Waals surface area contributed by atoms with E-state index < -0.39 is 0 Å². The number of nitrogens with zero attached hydrogens (tertiary/aromatic N) is 4. The van der Waals surface area contributed by atoms with Crippen LogP contribution in [0.5, 0.6) is 0 Å². The lowest BCUT2D eigenvalue weighted by Crippen LogP contribution is -2.48. The van der Waals surface area contributed by atoms with Gasteiger partial charge in [0.15, 0.2) is 0 Å². The van der Waals surface area contributed by atoms with Crippen LogP contribution in [-0.2, 0) is 11.3 Å². The van der Waals surface area contributed by atoms with Gasteiger partial charge in [-0.15, -0.1) is 0 Å². The maximum atomic E-state index is 12.5. The molecule has 29 heavy (non-hydrogen) atoms. The normalized spacial score (nSPS) is 15.3. The van der Waals surface area contributed by atoms with Gasteiger partial charge >= 0.3 is 0 Å². The van der Waals surface area contributed by atoms with Crippen LogP contribution in [0.15, 0.2) is 65.6 Å². The molecular formula is C22H21ClN4O2. The minimum atomic E-state index is -0.0795. The van der Waals surface area contributed by atoms with Crippen molar-refractivity contribution in [3.8, 4) is 0 Å². The van der Waals surface area contributed by atoms with E-state index >= 15 is 0 Å². The Hall–Kier alpha value is -2.96. The molecule has 0 bridgehead atoms. The summed E-state index contributed by atoms with van der Waals surface area (Å²) in [7, 11) is 0. The summed E-state index contributed by atoms with van der Waals surface area (Å²) in [5.74, 6) is -0.0216. The molecule has 1 aliphatic heterocycles. The Balaban J connectivity index is 1.35. The van der Waals surface area contributed by atoms with Crippen LogP contribution in [0.4, 0.5) is 0 Å². The van der Waals surface area contributed by atoms with Crippen LogP contribution >= 0.6 is 11.6 Å². The number of aromatic nitrogens is 2. The molecule has 1 aromatic carbocycles. The van der Waals surface area contributed by atoms with E-state index in [9.17, 15) is 9.59 Å². The summed E-state index contributed by atoms with van der Waals surface area (Å²) < 4.78 is 1.53. The maximum Gasteiger partial charge on any atom is 0.258 e. The van der Waals surface area contributed by atoms with E-state index in [4.69, 9.17) is 11.6 Å². The Morgan fingerprint density at radius 1 is 1.07 bits per heavy atom. The molecule has 3 heterocycles. The third-order valence-corrected chi connectivity index (χ3v) is 5.35. The van der Waals surface area contributed by atoms with Gasteiger partial charge in [-0.05, 0) is 29.8 Å². The lowest BCUT2D eigenvalue weighted by atomic mass is 10.2. The van der Waals surface area contributed by atoms with Crippen LogP contribution in [0.3, 0.4) is 0 Å². The molecule has 4 rings (SSSR count). The fourth-order valence-electron chi connectivity index (χ4n) is 3.42. The molecule has 0 radical (unpaired) electrons. The summed E-state index contributed by atoms with van der Waals surface area (Å²) >= 11 is 6.12. The highest BCUT2D eigenvalue weighted by Crippen LogP contribution is 2.16. The molecule has 7 heteroatoms. The van der Waals surface area contributed by atoms with Gasteiger partial charge in [0, 0.05) is 56.1 Å². The Labute approximate surface area is 173 Å². The fourth-order valence-corrected chi connectivity index (χ4v) is 3.61. The summed E-state index contributed by atoms with van der Waals surface area (Å²) in [6, 6.07) is 14.5. The lowest BCUT2D eigenvalue weighted by Gasteiger charge is -2.34. The Kier molecular flexibility index (Phi) is 5.74. The number of fused-ring (bicyclic) bond motifs is 1. The minimum Gasteiger partial charge on any atom is -0.337 e. The molecule has 0 saturated carbocycles. The quantitative estimate of drug-likeness (QED) is 0.623. The largest absolute Gasteiger partial charge is 0.337 e. The van der Waals surface area contributed by atoms with Crippen molar-refractivity contribution in [3.05, 3.63) is 87.4 Å². The minimum absolute atomic E-state index is 0.0216. The molecule has 0 atom stereocenters. The van der Waals surface area contributed by atoms with Crippen LogP contribution in [0.1, 0.15) is 11.3 Å². The molecule has 1 amide bonds. The van der Waals surface area contributed by atoms with Gasteiger partial charge in [-0.2, -0.15) is 0 Å². The molecule has 2 aromatic heterocycles. The zero-order chi connectivity index (χ0) is 20.2. The van der Waals surface area contributed by atoms with Gasteiger partial charge in [0.05, 0.1) is 5.69 Å². The molecule has 0 unspecified atom stereocenters. The summed E-state index contributed by atoms with van der Waals surface area (Å²) in [4.78, 5) is 33.3. The van der Waals surface area contributed by atoms with E-state index in [0.29, 0.717) is 30.3 Å². The molecular weight excluding hydrogens is 388 g/mol. The number of piperazine rings is 1. The van der Waals surface area contributed by atoms with Crippen molar-refractivity contribution in [2.24, 2.45) is 0 Å². The Morgan fingerprint density at radius 3 is 2.62 bits per heavy atom. The van der Waals surface area contributed by atoms with Crippen LogP contribution < -0.4 is 5.56 Å². The number of benzene rings is 1. The lowest BCUT2D eigenvalue weighted by molar-refractivity contribution is -0.127. The second-order valence-electron chi connectivity index (χ2n) is 6.97. The number of halogens is 1.